The van der Waals surface area contributed by atoms with Crippen molar-refractivity contribution in [1.29, 1.82) is 0 Å². The largest absolute Gasteiger partial charge is 0.383 e. The second-order valence-corrected chi connectivity index (χ2v) is 3.86. The Morgan fingerprint density at radius 1 is 1.50 bits per heavy atom. The number of nitrogens with zero attached hydrogens (tertiary/aromatic N) is 1. The number of carbonyl (C=O) groups excluding carboxylic acids is 1. The molecule has 3 N–H and O–H groups in total. The number of carbonyl (C=O) groups is 1. The zero-order valence-corrected chi connectivity index (χ0v) is 9.16. The fraction of sp³-hybridized carbons (Fsp3) is 0.0909. The van der Waals surface area contributed by atoms with Gasteiger partial charge in [0.15, 0.2) is 5.78 Å². The van der Waals surface area contributed by atoms with Gasteiger partial charge in [-0.15, -0.1) is 0 Å². The van der Waals surface area contributed by atoms with E-state index in [0.717, 1.165) is 5.56 Å². The van der Waals surface area contributed by atoms with E-state index in [2.05, 4.69) is 10.2 Å². The molecule has 0 spiro atoms. The van der Waals surface area contributed by atoms with Crippen LogP contribution in [0.25, 0.3) is 0 Å². The van der Waals surface area contributed by atoms with Crippen LogP contribution in [0.3, 0.4) is 0 Å². The van der Waals surface area contributed by atoms with Gasteiger partial charge in [-0.25, -0.2) is 0 Å². The lowest BCUT2D eigenvalue weighted by Gasteiger charge is -2.00. The highest BCUT2D eigenvalue weighted by atomic mass is 35.5. The fourth-order valence-electron chi connectivity index (χ4n) is 1.45. The Morgan fingerprint density at radius 3 is 2.94 bits per heavy atom. The lowest BCUT2D eigenvalue weighted by Crippen LogP contribution is -2.05. The van der Waals surface area contributed by atoms with Crippen molar-refractivity contribution < 1.29 is 4.79 Å². The Hall–Kier alpha value is -1.81. The van der Waals surface area contributed by atoms with Crippen molar-refractivity contribution in [2.24, 2.45) is 0 Å². The molecule has 0 amide bonds. The number of hydrogen-bond donors (Lipinski definition) is 2. The van der Waals surface area contributed by atoms with E-state index in [1.807, 2.05) is 12.1 Å². The summed E-state index contributed by atoms with van der Waals surface area (Å²) in [4.78, 5) is 11.8. The predicted octanol–water partition coefficient (Wildman–Crippen LogP) is 2.07. The standard InChI is InChI=1S/C11H10ClN3O/c12-8-3-1-2-7(4-8)5-10(16)9-6-14-15-11(9)13/h1-4,6H,5H2,(H3,13,14,15). The SMILES string of the molecule is Nc1[nH]ncc1C(=O)Cc1cccc(Cl)c1. The van der Waals surface area contributed by atoms with Crippen LogP contribution in [0.2, 0.25) is 5.02 Å². The zero-order valence-electron chi connectivity index (χ0n) is 8.40. The number of ketones is 1. The summed E-state index contributed by atoms with van der Waals surface area (Å²) in [6.07, 6.45) is 1.70. The number of Topliss-reactive ketones (excluding diaryl/α,β-unsaturated/α-hetero) is 1. The number of nitrogen functional groups attached to an aromatic ring is 1. The molecule has 0 fully saturated rings. The third kappa shape index (κ3) is 2.23. The van der Waals surface area contributed by atoms with Crippen LogP contribution in [0.4, 0.5) is 5.82 Å². The van der Waals surface area contributed by atoms with Gasteiger partial charge in [-0.1, -0.05) is 23.7 Å². The number of rotatable bonds is 3. The number of nitrogens with two attached hydrogens (primary N) is 1. The topological polar surface area (TPSA) is 71.8 Å². The highest BCUT2D eigenvalue weighted by Gasteiger charge is 2.12. The van der Waals surface area contributed by atoms with Gasteiger partial charge in [0.05, 0.1) is 11.8 Å². The Kier molecular flexibility index (Phi) is 2.92. The fourth-order valence-corrected chi connectivity index (χ4v) is 1.66. The van der Waals surface area contributed by atoms with Crippen molar-refractivity contribution in [1.82, 2.24) is 10.2 Å². The van der Waals surface area contributed by atoms with Gasteiger partial charge in [-0.3, -0.25) is 9.89 Å². The number of benzene rings is 1. The molecule has 1 aromatic heterocycles. The van der Waals surface area contributed by atoms with Gasteiger partial charge >= 0.3 is 0 Å². The molecular formula is C11H10ClN3O. The highest BCUT2D eigenvalue weighted by molar-refractivity contribution is 6.30. The summed E-state index contributed by atoms with van der Waals surface area (Å²) in [5, 5.41) is 6.85. The molecule has 0 bridgehead atoms. The van der Waals surface area contributed by atoms with Gasteiger partial charge in [0.25, 0.3) is 0 Å². The first-order chi connectivity index (χ1) is 7.66. The minimum atomic E-state index is -0.0754. The molecule has 2 aromatic rings. The van der Waals surface area contributed by atoms with Crippen molar-refractivity contribution in [3.05, 3.63) is 46.6 Å². The zero-order chi connectivity index (χ0) is 11.5. The van der Waals surface area contributed by atoms with Crippen LogP contribution in [-0.2, 0) is 6.42 Å². The summed E-state index contributed by atoms with van der Waals surface area (Å²) in [6, 6.07) is 7.18. The normalized spacial score (nSPS) is 10.3. The van der Waals surface area contributed by atoms with Gasteiger partial charge in [0, 0.05) is 11.4 Å². The van der Waals surface area contributed by atoms with Crippen LogP contribution in [-0.4, -0.2) is 16.0 Å². The molecule has 1 aromatic carbocycles. The second kappa shape index (κ2) is 4.37. The Bertz CT molecular complexity index is 521. The average Bonchev–Trinajstić information content (AvgIpc) is 2.64. The predicted molar refractivity (Wildman–Crippen MR) is 62.5 cm³/mol. The van der Waals surface area contributed by atoms with Gasteiger partial charge in [-0.2, -0.15) is 5.10 Å². The summed E-state index contributed by atoms with van der Waals surface area (Å²) < 4.78 is 0. The molecule has 0 aliphatic carbocycles. The van der Waals surface area contributed by atoms with E-state index >= 15 is 0 Å². The van der Waals surface area contributed by atoms with Crippen molar-refractivity contribution in [2.45, 2.75) is 6.42 Å². The van der Waals surface area contributed by atoms with Crippen molar-refractivity contribution in [3.8, 4) is 0 Å². The van der Waals surface area contributed by atoms with E-state index in [4.69, 9.17) is 17.3 Å². The number of nitrogens with one attached hydrogen (secondary N) is 1. The minimum absolute atomic E-state index is 0.0754. The average molecular weight is 236 g/mol. The Morgan fingerprint density at radius 2 is 2.31 bits per heavy atom. The van der Waals surface area contributed by atoms with Crippen molar-refractivity contribution >= 4 is 23.2 Å². The number of aromatic amines is 1. The summed E-state index contributed by atoms with van der Waals surface area (Å²) in [6.45, 7) is 0. The summed E-state index contributed by atoms with van der Waals surface area (Å²) in [7, 11) is 0. The van der Waals surface area contributed by atoms with Gasteiger partial charge in [-0.05, 0) is 17.7 Å². The molecule has 0 aliphatic heterocycles. The monoisotopic (exact) mass is 235 g/mol. The number of halogens is 1. The third-order valence-corrected chi connectivity index (χ3v) is 2.46. The van der Waals surface area contributed by atoms with Crippen molar-refractivity contribution in [3.63, 3.8) is 0 Å². The minimum Gasteiger partial charge on any atom is -0.383 e. The molecule has 82 valence electrons. The lowest BCUT2D eigenvalue weighted by atomic mass is 10.1. The van der Waals surface area contributed by atoms with E-state index in [1.165, 1.54) is 6.20 Å². The summed E-state index contributed by atoms with van der Waals surface area (Å²) >= 11 is 5.83. The van der Waals surface area contributed by atoms with Crippen molar-refractivity contribution in [2.75, 3.05) is 5.73 Å². The molecule has 0 saturated carbocycles. The Balaban J connectivity index is 2.17. The molecule has 0 radical (unpaired) electrons. The maximum absolute atomic E-state index is 11.8. The Labute approximate surface area is 97.4 Å². The van der Waals surface area contributed by atoms with E-state index < -0.39 is 0 Å². The summed E-state index contributed by atoms with van der Waals surface area (Å²) in [5.74, 6) is 0.223. The maximum Gasteiger partial charge on any atom is 0.172 e. The summed E-state index contributed by atoms with van der Waals surface area (Å²) in [5.41, 5.74) is 6.84. The van der Waals surface area contributed by atoms with Crippen LogP contribution < -0.4 is 5.73 Å². The quantitative estimate of drug-likeness (QED) is 0.800. The molecule has 5 heteroatoms. The molecule has 0 aliphatic rings. The van der Waals surface area contributed by atoms with E-state index in [-0.39, 0.29) is 12.2 Å². The first-order valence-corrected chi connectivity index (χ1v) is 5.11. The van der Waals surface area contributed by atoms with Crippen LogP contribution >= 0.6 is 11.6 Å². The van der Waals surface area contributed by atoms with E-state index in [0.29, 0.717) is 16.4 Å². The molecule has 4 nitrogen and oxygen atoms in total. The van der Waals surface area contributed by atoms with Gasteiger partial charge in [0.1, 0.15) is 5.82 Å². The molecule has 0 unspecified atom stereocenters. The third-order valence-electron chi connectivity index (χ3n) is 2.22. The first-order valence-electron chi connectivity index (χ1n) is 4.73. The molecule has 0 atom stereocenters. The van der Waals surface area contributed by atoms with Crippen LogP contribution in [0, 0.1) is 0 Å². The molecular weight excluding hydrogens is 226 g/mol. The molecule has 16 heavy (non-hydrogen) atoms. The molecule has 0 saturated heterocycles. The van der Waals surface area contributed by atoms with Gasteiger partial charge in [0.2, 0.25) is 0 Å². The maximum atomic E-state index is 11.8. The number of H-pyrrole nitrogens is 1. The number of anilines is 1. The van der Waals surface area contributed by atoms with E-state index in [1.54, 1.807) is 12.1 Å². The number of aromatic nitrogens is 2. The van der Waals surface area contributed by atoms with Crippen LogP contribution in [0.5, 0.6) is 0 Å². The lowest BCUT2D eigenvalue weighted by molar-refractivity contribution is 0.0994. The van der Waals surface area contributed by atoms with E-state index in [9.17, 15) is 4.79 Å². The van der Waals surface area contributed by atoms with Gasteiger partial charge < -0.3 is 5.73 Å². The smallest absolute Gasteiger partial charge is 0.172 e. The molecule has 2 rings (SSSR count). The molecule has 1 heterocycles. The first kappa shape index (κ1) is 10.7. The second-order valence-electron chi connectivity index (χ2n) is 3.43. The number of hydrogen-bond acceptors (Lipinski definition) is 3. The van der Waals surface area contributed by atoms with Crippen LogP contribution in [0.15, 0.2) is 30.5 Å². The van der Waals surface area contributed by atoms with Crippen LogP contribution in [0.1, 0.15) is 15.9 Å². The highest BCUT2D eigenvalue weighted by Crippen LogP contribution is 2.15.